The van der Waals surface area contributed by atoms with Crippen molar-refractivity contribution in [3.63, 3.8) is 0 Å². The Kier molecular flexibility index (Phi) is 3.70. The van der Waals surface area contributed by atoms with E-state index in [4.69, 9.17) is 10.8 Å². The molecule has 0 spiro atoms. The summed E-state index contributed by atoms with van der Waals surface area (Å²) in [6.45, 7) is 6.38. The molecule has 3 N–H and O–H groups in total. The largest absolute Gasteiger partial charge is 0.480 e. The molecule has 0 aliphatic carbocycles. The summed E-state index contributed by atoms with van der Waals surface area (Å²) >= 11 is 0. The van der Waals surface area contributed by atoms with Gasteiger partial charge in [-0.2, -0.15) is 0 Å². The van der Waals surface area contributed by atoms with Gasteiger partial charge < -0.3 is 10.8 Å². The maximum Gasteiger partial charge on any atom is 0.320 e. The van der Waals surface area contributed by atoms with Crippen LogP contribution in [0.15, 0.2) is 24.3 Å². The molecule has 0 heterocycles. The number of benzene rings is 1. The van der Waals surface area contributed by atoms with Gasteiger partial charge in [0.15, 0.2) is 0 Å². The van der Waals surface area contributed by atoms with Crippen molar-refractivity contribution in [1.82, 2.24) is 0 Å². The zero-order chi connectivity index (χ0) is 12.3. The monoisotopic (exact) mass is 221 g/mol. The van der Waals surface area contributed by atoms with Crippen LogP contribution in [0.4, 0.5) is 0 Å². The van der Waals surface area contributed by atoms with Crippen LogP contribution in [0, 0.1) is 0 Å². The lowest BCUT2D eigenvalue weighted by atomic mass is 9.85. The average molecular weight is 221 g/mol. The minimum atomic E-state index is -0.957. The first-order chi connectivity index (χ1) is 7.30. The van der Waals surface area contributed by atoms with Gasteiger partial charge in [-0.25, -0.2) is 0 Å². The van der Waals surface area contributed by atoms with Crippen molar-refractivity contribution < 1.29 is 9.90 Å². The third kappa shape index (κ3) is 3.35. The summed E-state index contributed by atoms with van der Waals surface area (Å²) in [7, 11) is 0. The number of carbonyl (C=O) groups is 1. The van der Waals surface area contributed by atoms with Crippen LogP contribution in [-0.4, -0.2) is 17.1 Å². The van der Waals surface area contributed by atoms with E-state index in [1.165, 1.54) is 5.56 Å². The first-order valence-corrected chi connectivity index (χ1v) is 5.38. The highest BCUT2D eigenvalue weighted by molar-refractivity contribution is 5.73. The molecule has 1 unspecified atom stereocenters. The Hall–Kier alpha value is -1.35. The van der Waals surface area contributed by atoms with E-state index in [2.05, 4.69) is 26.8 Å². The second-order valence-corrected chi connectivity index (χ2v) is 5.10. The fourth-order valence-electron chi connectivity index (χ4n) is 1.51. The quantitative estimate of drug-likeness (QED) is 0.819. The van der Waals surface area contributed by atoms with Crippen molar-refractivity contribution in [2.75, 3.05) is 0 Å². The van der Waals surface area contributed by atoms with Crippen LogP contribution in [0.25, 0.3) is 0 Å². The van der Waals surface area contributed by atoms with Gasteiger partial charge in [0.2, 0.25) is 0 Å². The Balaban J connectivity index is 2.87. The van der Waals surface area contributed by atoms with E-state index in [-0.39, 0.29) is 5.41 Å². The summed E-state index contributed by atoms with van der Waals surface area (Å²) in [5.74, 6) is -0.957. The van der Waals surface area contributed by atoms with E-state index in [0.29, 0.717) is 6.42 Å². The summed E-state index contributed by atoms with van der Waals surface area (Å²) < 4.78 is 0. The van der Waals surface area contributed by atoms with Crippen LogP contribution in [0.3, 0.4) is 0 Å². The molecule has 0 aliphatic heterocycles. The van der Waals surface area contributed by atoms with E-state index in [9.17, 15) is 4.79 Å². The molecule has 1 aromatic rings. The third-order valence-electron chi connectivity index (χ3n) is 2.57. The molecule has 0 radical (unpaired) electrons. The van der Waals surface area contributed by atoms with E-state index in [1.54, 1.807) is 0 Å². The zero-order valence-corrected chi connectivity index (χ0v) is 10.0. The number of carboxylic acids is 1. The van der Waals surface area contributed by atoms with E-state index < -0.39 is 12.0 Å². The molecule has 0 amide bonds. The highest BCUT2D eigenvalue weighted by Gasteiger charge is 2.16. The fourth-order valence-corrected chi connectivity index (χ4v) is 1.51. The lowest BCUT2D eigenvalue weighted by molar-refractivity contribution is -0.138. The Morgan fingerprint density at radius 3 is 2.56 bits per heavy atom. The molecular weight excluding hydrogens is 202 g/mol. The fraction of sp³-hybridized carbons (Fsp3) is 0.462. The van der Waals surface area contributed by atoms with Crippen LogP contribution in [-0.2, 0) is 16.6 Å². The molecule has 1 atom stereocenters. The van der Waals surface area contributed by atoms with E-state index >= 15 is 0 Å². The Morgan fingerprint density at radius 2 is 2.06 bits per heavy atom. The van der Waals surface area contributed by atoms with Crippen molar-refractivity contribution in [2.24, 2.45) is 5.73 Å². The van der Waals surface area contributed by atoms with Gasteiger partial charge in [-0.15, -0.1) is 0 Å². The van der Waals surface area contributed by atoms with Gasteiger partial charge in [-0.3, -0.25) is 4.79 Å². The molecule has 0 saturated heterocycles. The average Bonchev–Trinajstić information content (AvgIpc) is 2.16. The predicted molar refractivity (Wildman–Crippen MR) is 64.5 cm³/mol. The second-order valence-electron chi connectivity index (χ2n) is 5.10. The minimum absolute atomic E-state index is 0.0727. The highest BCUT2D eigenvalue weighted by atomic mass is 16.4. The number of hydrogen-bond donors (Lipinski definition) is 2. The summed E-state index contributed by atoms with van der Waals surface area (Å²) in [4.78, 5) is 10.7. The minimum Gasteiger partial charge on any atom is -0.480 e. The molecule has 16 heavy (non-hydrogen) atoms. The van der Waals surface area contributed by atoms with Crippen LogP contribution in [0.5, 0.6) is 0 Å². The maximum absolute atomic E-state index is 10.7. The van der Waals surface area contributed by atoms with E-state index in [1.807, 2.05) is 18.2 Å². The number of carboxylic acid groups (broad SMARTS) is 1. The molecule has 88 valence electrons. The summed E-state index contributed by atoms with van der Waals surface area (Å²) in [6, 6.07) is 7.12. The molecule has 3 heteroatoms. The smallest absolute Gasteiger partial charge is 0.320 e. The normalized spacial score (nSPS) is 13.5. The van der Waals surface area contributed by atoms with Crippen LogP contribution < -0.4 is 5.73 Å². The van der Waals surface area contributed by atoms with Crippen molar-refractivity contribution in [1.29, 1.82) is 0 Å². The van der Waals surface area contributed by atoms with Gasteiger partial charge in [0.05, 0.1) is 0 Å². The Bertz CT molecular complexity index is 380. The molecule has 0 aliphatic rings. The standard InChI is InChI=1S/C13H19NO2/c1-13(2,3)10-6-4-5-9(7-10)8-11(14)12(15)16/h4-7,11H,8,14H2,1-3H3,(H,15,16). The van der Waals surface area contributed by atoms with Crippen LogP contribution >= 0.6 is 0 Å². The van der Waals surface area contributed by atoms with E-state index in [0.717, 1.165) is 5.56 Å². The first-order valence-electron chi connectivity index (χ1n) is 5.38. The summed E-state index contributed by atoms with van der Waals surface area (Å²) in [5, 5.41) is 8.75. The van der Waals surface area contributed by atoms with Gasteiger partial charge in [-0.05, 0) is 23.0 Å². The summed E-state index contributed by atoms with van der Waals surface area (Å²) in [5.41, 5.74) is 7.75. The van der Waals surface area contributed by atoms with Crippen molar-refractivity contribution >= 4 is 5.97 Å². The van der Waals surface area contributed by atoms with Crippen molar-refractivity contribution in [3.05, 3.63) is 35.4 Å². The SMILES string of the molecule is CC(C)(C)c1cccc(CC(N)C(=O)O)c1. The molecule has 1 rings (SSSR count). The third-order valence-corrected chi connectivity index (χ3v) is 2.57. The molecule has 0 aromatic heterocycles. The van der Waals surface area contributed by atoms with Gasteiger partial charge in [0, 0.05) is 0 Å². The molecular formula is C13H19NO2. The van der Waals surface area contributed by atoms with Gasteiger partial charge >= 0.3 is 5.97 Å². The zero-order valence-electron chi connectivity index (χ0n) is 10.0. The summed E-state index contributed by atoms with van der Waals surface area (Å²) in [6.07, 6.45) is 0.374. The Labute approximate surface area is 96.3 Å². The molecule has 0 bridgehead atoms. The molecule has 1 aromatic carbocycles. The topological polar surface area (TPSA) is 63.3 Å². The maximum atomic E-state index is 10.7. The lowest BCUT2D eigenvalue weighted by Gasteiger charge is -2.20. The lowest BCUT2D eigenvalue weighted by Crippen LogP contribution is -2.32. The van der Waals surface area contributed by atoms with Crippen LogP contribution in [0.1, 0.15) is 31.9 Å². The first kappa shape index (κ1) is 12.7. The molecule has 0 fully saturated rings. The van der Waals surface area contributed by atoms with Crippen molar-refractivity contribution in [2.45, 2.75) is 38.6 Å². The number of rotatable bonds is 3. The Morgan fingerprint density at radius 1 is 1.44 bits per heavy atom. The predicted octanol–water partition coefficient (Wildman–Crippen LogP) is 1.94. The number of nitrogens with two attached hydrogens (primary N) is 1. The van der Waals surface area contributed by atoms with Crippen LogP contribution in [0.2, 0.25) is 0 Å². The number of hydrogen-bond acceptors (Lipinski definition) is 2. The second kappa shape index (κ2) is 4.66. The number of aliphatic carboxylic acids is 1. The van der Waals surface area contributed by atoms with Gasteiger partial charge in [-0.1, -0.05) is 45.0 Å². The van der Waals surface area contributed by atoms with Gasteiger partial charge in [0.1, 0.15) is 6.04 Å². The van der Waals surface area contributed by atoms with Crippen molar-refractivity contribution in [3.8, 4) is 0 Å². The molecule has 3 nitrogen and oxygen atoms in total. The van der Waals surface area contributed by atoms with Gasteiger partial charge in [0.25, 0.3) is 0 Å². The highest BCUT2D eigenvalue weighted by Crippen LogP contribution is 2.23. The molecule has 0 saturated carbocycles.